The predicted octanol–water partition coefficient (Wildman–Crippen LogP) is 3.83. The highest BCUT2D eigenvalue weighted by Crippen LogP contribution is 2.31. The average molecular weight is 392 g/mol. The molecular weight excluding hydrogens is 381 g/mol. The standard InChI is InChI=1S/C17H11ClFN3O3S/c1-22(26(23,24)15-5-3-2-4-13(15)19)17-14(10-20)21-16(25-17)11-6-8-12(18)9-7-11/h2-9H,1H3. The molecule has 132 valence electrons. The number of aromatic nitrogens is 1. The molecule has 0 spiro atoms. The summed E-state index contributed by atoms with van der Waals surface area (Å²) in [6.07, 6.45) is 0. The van der Waals surface area contributed by atoms with Crippen molar-refractivity contribution in [2.45, 2.75) is 4.90 Å². The average Bonchev–Trinajstić information content (AvgIpc) is 3.06. The number of sulfonamides is 1. The largest absolute Gasteiger partial charge is 0.418 e. The summed E-state index contributed by atoms with van der Waals surface area (Å²) in [7, 11) is -3.12. The van der Waals surface area contributed by atoms with Crippen molar-refractivity contribution in [2.75, 3.05) is 11.4 Å². The Morgan fingerprint density at radius 3 is 2.46 bits per heavy atom. The van der Waals surface area contributed by atoms with Crippen LogP contribution in [0.1, 0.15) is 5.69 Å². The topological polar surface area (TPSA) is 87.2 Å². The highest BCUT2D eigenvalue weighted by atomic mass is 35.5. The van der Waals surface area contributed by atoms with Crippen LogP contribution in [0.25, 0.3) is 11.5 Å². The first kappa shape index (κ1) is 17.9. The minimum absolute atomic E-state index is 0.0452. The Balaban J connectivity index is 2.08. The van der Waals surface area contributed by atoms with Crippen LogP contribution >= 0.6 is 11.6 Å². The number of hydrogen-bond donors (Lipinski definition) is 0. The van der Waals surface area contributed by atoms with E-state index in [0.717, 1.165) is 19.2 Å². The van der Waals surface area contributed by atoms with E-state index in [0.29, 0.717) is 14.9 Å². The van der Waals surface area contributed by atoms with Gasteiger partial charge in [-0.05, 0) is 36.4 Å². The molecule has 3 aromatic rings. The molecule has 0 aliphatic heterocycles. The summed E-state index contributed by atoms with van der Waals surface area (Å²) >= 11 is 5.83. The van der Waals surface area contributed by atoms with E-state index in [2.05, 4.69) is 4.98 Å². The lowest BCUT2D eigenvalue weighted by atomic mass is 10.2. The van der Waals surface area contributed by atoms with Gasteiger partial charge < -0.3 is 4.42 Å². The summed E-state index contributed by atoms with van der Waals surface area (Å²) in [6.45, 7) is 0. The highest BCUT2D eigenvalue weighted by Gasteiger charge is 2.30. The SMILES string of the molecule is CN(c1oc(-c2ccc(Cl)cc2)nc1C#N)S(=O)(=O)c1ccccc1F. The van der Waals surface area contributed by atoms with E-state index in [1.54, 1.807) is 30.3 Å². The Morgan fingerprint density at radius 1 is 1.19 bits per heavy atom. The monoisotopic (exact) mass is 391 g/mol. The molecule has 2 aromatic carbocycles. The molecule has 0 unspecified atom stereocenters. The Hall–Kier alpha value is -2.89. The van der Waals surface area contributed by atoms with Crippen LogP contribution in [-0.4, -0.2) is 20.4 Å². The minimum Gasteiger partial charge on any atom is -0.418 e. The number of nitriles is 1. The van der Waals surface area contributed by atoms with Gasteiger partial charge in [-0.25, -0.2) is 17.1 Å². The van der Waals surface area contributed by atoms with Crippen LogP contribution in [0.15, 0.2) is 57.8 Å². The van der Waals surface area contributed by atoms with Crippen LogP contribution in [0.3, 0.4) is 0 Å². The lowest BCUT2D eigenvalue weighted by Crippen LogP contribution is -2.27. The van der Waals surface area contributed by atoms with Crippen molar-refractivity contribution >= 4 is 27.5 Å². The lowest BCUT2D eigenvalue weighted by molar-refractivity contribution is 0.551. The second-order valence-electron chi connectivity index (χ2n) is 5.19. The predicted molar refractivity (Wildman–Crippen MR) is 93.7 cm³/mol. The summed E-state index contributed by atoms with van der Waals surface area (Å²) < 4.78 is 45.5. The van der Waals surface area contributed by atoms with Crippen LogP contribution in [-0.2, 0) is 10.0 Å². The second kappa shape index (κ2) is 6.78. The summed E-state index contributed by atoms with van der Waals surface area (Å²) in [6, 6.07) is 13.2. The summed E-state index contributed by atoms with van der Waals surface area (Å²) in [5, 5.41) is 9.77. The maximum Gasteiger partial charge on any atom is 0.269 e. The van der Waals surface area contributed by atoms with Gasteiger partial charge >= 0.3 is 0 Å². The van der Waals surface area contributed by atoms with Gasteiger partial charge in [-0.1, -0.05) is 23.7 Å². The molecule has 0 saturated carbocycles. The van der Waals surface area contributed by atoms with E-state index in [4.69, 9.17) is 16.0 Å². The van der Waals surface area contributed by atoms with Crippen molar-refractivity contribution in [3.05, 3.63) is 65.1 Å². The van der Waals surface area contributed by atoms with Crippen LogP contribution in [0.5, 0.6) is 0 Å². The van der Waals surface area contributed by atoms with Crippen LogP contribution in [0.4, 0.5) is 10.3 Å². The Morgan fingerprint density at radius 2 is 1.85 bits per heavy atom. The van der Waals surface area contributed by atoms with Crippen molar-refractivity contribution in [2.24, 2.45) is 0 Å². The van der Waals surface area contributed by atoms with Crippen molar-refractivity contribution < 1.29 is 17.2 Å². The number of rotatable bonds is 4. The summed E-state index contributed by atoms with van der Waals surface area (Å²) in [5.74, 6) is -1.17. The third-order valence-corrected chi connectivity index (χ3v) is 5.59. The van der Waals surface area contributed by atoms with E-state index in [9.17, 15) is 18.1 Å². The van der Waals surface area contributed by atoms with Gasteiger partial charge in [0.1, 0.15) is 16.8 Å². The summed E-state index contributed by atoms with van der Waals surface area (Å²) in [5.41, 5.74) is 0.270. The minimum atomic E-state index is -4.28. The molecule has 0 atom stereocenters. The van der Waals surface area contributed by atoms with Gasteiger partial charge in [-0.2, -0.15) is 10.2 Å². The molecular formula is C17H11ClFN3O3S. The molecule has 0 N–H and O–H groups in total. The fourth-order valence-electron chi connectivity index (χ4n) is 2.22. The van der Waals surface area contributed by atoms with E-state index < -0.39 is 20.7 Å². The Labute approximate surface area is 154 Å². The normalized spacial score (nSPS) is 11.2. The van der Waals surface area contributed by atoms with Gasteiger partial charge in [0.25, 0.3) is 10.0 Å². The Kier molecular flexibility index (Phi) is 4.68. The highest BCUT2D eigenvalue weighted by molar-refractivity contribution is 7.92. The Bertz CT molecular complexity index is 1110. The van der Waals surface area contributed by atoms with Gasteiger partial charge in [0.05, 0.1) is 0 Å². The van der Waals surface area contributed by atoms with Crippen LogP contribution in [0, 0.1) is 17.1 Å². The molecule has 1 heterocycles. The first-order valence-corrected chi connectivity index (χ1v) is 9.06. The van der Waals surface area contributed by atoms with Crippen molar-refractivity contribution in [3.8, 4) is 17.5 Å². The van der Waals surface area contributed by atoms with Gasteiger partial charge in [0.2, 0.25) is 17.5 Å². The molecule has 6 nitrogen and oxygen atoms in total. The number of oxazole rings is 1. The molecule has 9 heteroatoms. The van der Waals surface area contributed by atoms with Crippen LogP contribution in [0.2, 0.25) is 5.02 Å². The molecule has 1 aromatic heterocycles. The van der Waals surface area contributed by atoms with Crippen LogP contribution < -0.4 is 4.31 Å². The lowest BCUT2D eigenvalue weighted by Gasteiger charge is -2.16. The van der Waals surface area contributed by atoms with E-state index >= 15 is 0 Å². The molecule has 3 rings (SSSR count). The zero-order valence-electron chi connectivity index (χ0n) is 13.3. The van der Waals surface area contributed by atoms with Gasteiger partial charge in [0.15, 0.2) is 0 Å². The second-order valence-corrected chi connectivity index (χ2v) is 7.57. The number of halogens is 2. The number of anilines is 1. The molecule has 0 amide bonds. The van der Waals surface area contributed by atoms with E-state index in [1.165, 1.54) is 12.1 Å². The molecule has 0 aliphatic carbocycles. The van der Waals surface area contributed by atoms with E-state index in [-0.39, 0.29) is 17.5 Å². The number of benzene rings is 2. The van der Waals surface area contributed by atoms with E-state index in [1.807, 2.05) is 0 Å². The summed E-state index contributed by atoms with van der Waals surface area (Å²) in [4.78, 5) is 3.48. The van der Waals surface area contributed by atoms with Gasteiger partial charge in [-0.15, -0.1) is 0 Å². The molecule has 0 saturated heterocycles. The first-order valence-electron chi connectivity index (χ1n) is 7.25. The third-order valence-electron chi connectivity index (χ3n) is 3.57. The maximum atomic E-state index is 13.9. The smallest absolute Gasteiger partial charge is 0.269 e. The fraction of sp³-hybridized carbons (Fsp3) is 0.0588. The van der Waals surface area contributed by atoms with Gasteiger partial charge in [-0.3, -0.25) is 0 Å². The molecule has 0 radical (unpaired) electrons. The quantitative estimate of drug-likeness (QED) is 0.674. The third kappa shape index (κ3) is 3.14. The zero-order chi connectivity index (χ0) is 18.9. The fourth-order valence-corrected chi connectivity index (χ4v) is 3.55. The number of nitrogens with zero attached hydrogens (tertiary/aromatic N) is 3. The first-order chi connectivity index (χ1) is 12.3. The maximum absolute atomic E-state index is 13.9. The molecule has 0 fully saturated rings. The zero-order valence-corrected chi connectivity index (χ0v) is 14.9. The molecule has 0 bridgehead atoms. The van der Waals surface area contributed by atoms with Crippen molar-refractivity contribution in [1.29, 1.82) is 5.26 Å². The van der Waals surface area contributed by atoms with Gasteiger partial charge in [0, 0.05) is 17.6 Å². The molecule has 26 heavy (non-hydrogen) atoms. The van der Waals surface area contributed by atoms with Crippen molar-refractivity contribution in [3.63, 3.8) is 0 Å². The molecule has 0 aliphatic rings. The number of hydrogen-bond acceptors (Lipinski definition) is 5. The van der Waals surface area contributed by atoms with Crippen molar-refractivity contribution in [1.82, 2.24) is 4.98 Å².